The van der Waals surface area contributed by atoms with Crippen LogP contribution in [-0.4, -0.2) is 41.4 Å². The number of nitrogens with zero attached hydrogens (tertiary/aromatic N) is 3. The van der Waals surface area contributed by atoms with E-state index in [9.17, 15) is 9.18 Å². The van der Waals surface area contributed by atoms with Gasteiger partial charge in [0.15, 0.2) is 0 Å². The molecule has 1 aromatic heterocycles. The van der Waals surface area contributed by atoms with E-state index in [-0.39, 0.29) is 11.5 Å². The van der Waals surface area contributed by atoms with Crippen molar-refractivity contribution in [2.75, 3.05) is 14.1 Å². The molecule has 2 N–H and O–H groups in total. The van der Waals surface area contributed by atoms with Gasteiger partial charge in [0.25, 0.3) is 5.91 Å². The Morgan fingerprint density at radius 1 is 1.40 bits per heavy atom. The second kappa shape index (κ2) is 5.96. The largest absolute Gasteiger partial charge is 0.367 e. The summed E-state index contributed by atoms with van der Waals surface area (Å²) in [5.74, 6) is -0.718. The number of halogens is 1. The lowest BCUT2D eigenvalue weighted by Crippen LogP contribution is -2.20. The predicted octanol–water partition coefficient (Wildman–Crippen LogP) is 1.45. The molecule has 7 heteroatoms. The first kappa shape index (κ1) is 13.7. The molecule has 6 nitrogen and oxygen atoms in total. The van der Waals surface area contributed by atoms with Crippen LogP contribution in [-0.2, 0) is 0 Å². The Hall–Kier alpha value is -2.70. The molecule has 1 aromatic carbocycles. The lowest BCUT2D eigenvalue weighted by atomic mass is 10.1. The molecule has 0 spiro atoms. The number of aromatic nitrogens is 2. The van der Waals surface area contributed by atoms with Gasteiger partial charge in [0.1, 0.15) is 17.8 Å². The van der Waals surface area contributed by atoms with E-state index in [4.69, 9.17) is 0 Å². The van der Waals surface area contributed by atoms with Crippen LogP contribution >= 0.6 is 0 Å². The van der Waals surface area contributed by atoms with E-state index in [2.05, 4.69) is 20.7 Å². The molecule has 0 unspecified atom stereocenters. The fourth-order valence-corrected chi connectivity index (χ4v) is 1.47. The number of carbonyl (C=O) groups is 1. The summed E-state index contributed by atoms with van der Waals surface area (Å²) in [4.78, 5) is 13.4. The summed E-state index contributed by atoms with van der Waals surface area (Å²) in [5, 5.41) is 10.4. The van der Waals surface area contributed by atoms with Crippen LogP contribution in [0.1, 0.15) is 10.5 Å². The number of nitrogens with one attached hydrogen (secondary N) is 2. The minimum Gasteiger partial charge on any atom is -0.367 e. The first-order chi connectivity index (χ1) is 9.56. The number of carbonyl (C=O) groups excluding carboxylic acids is 1. The predicted molar refractivity (Wildman–Crippen MR) is 73.6 cm³/mol. The van der Waals surface area contributed by atoms with Crippen LogP contribution < -0.4 is 5.43 Å². The SMILES string of the molecule is CN(C)C=NNC(=O)c1cc(-c2ccc(F)cc2)n[nH]1. The molecule has 1 amide bonds. The average Bonchev–Trinajstić information content (AvgIpc) is 2.88. The summed E-state index contributed by atoms with van der Waals surface area (Å²) in [6, 6.07) is 7.44. The maximum Gasteiger partial charge on any atom is 0.289 e. The topological polar surface area (TPSA) is 73.4 Å². The Morgan fingerprint density at radius 3 is 2.75 bits per heavy atom. The molecular formula is C13H14FN5O. The highest BCUT2D eigenvalue weighted by molar-refractivity contribution is 5.93. The van der Waals surface area contributed by atoms with E-state index in [0.717, 1.165) is 5.56 Å². The third kappa shape index (κ3) is 3.41. The molecule has 0 aliphatic heterocycles. The monoisotopic (exact) mass is 275 g/mol. The van der Waals surface area contributed by atoms with Crippen molar-refractivity contribution in [1.82, 2.24) is 20.5 Å². The maximum atomic E-state index is 12.8. The van der Waals surface area contributed by atoms with Gasteiger partial charge in [-0.15, -0.1) is 0 Å². The first-order valence-electron chi connectivity index (χ1n) is 5.87. The van der Waals surface area contributed by atoms with Gasteiger partial charge < -0.3 is 4.90 Å². The molecule has 0 saturated heterocycles. The van der Waals surface area contributed by atoms with E-state index in [1.54, 1.807) is 37.2 Å². The second-order valence-electron chi connectivity index (χ2n) is 4.32. The molecule has 20 heavy (non-hydrogen) atoms. The van der Waals surface area contributed by atoms with Crippen LogP contribution in [0.2, 0.25) is 0 Å². The number of hydrogen-bond acceptors (Lipinski definition) is 3. The Labute approximate surface area is 115 Å². The van der Waals surface area contributed by atoms with Crippen molar-refractivity contribution in [3.63, 3.8) is 0 Å². The molecule has 2 aromatic rings. The van der Waals surface area contributed by atoms with Crippen LogP contribution in [0.4, 0.5) is 4.39 Å². The lowest BCUT2D eigenvalue weighted by Gasteiger charge is -2.01. The van der Waals surface area contributed by atoms with Crippen molar-refractivity contribution in [1.29, 1.82) is 0 Å². The Kier molecular flexibility index (Phi) is 4.09. The number of benzene rings is 1. The summed E-state index contributed by atoms with van der Waals surface area (Å²) < 4.78 is 12.8. The highest BCUT2D eigenvalue weighted by Gasteiger charge is 2.10. The van der Waals surface area contributed by atoms with Crippen molar-refractivity contribution in [2.24, 2.45) is 5.10 Å². The van der Waals surface area contributed by atoms with E-state index < -0.39 is 5.91 Å². The third-order valence-electron chi connectivity index (χ3n) is 2.42. The van der Waals surface area contributed by atoms with Crippen molar-refractivity contribution >= 4 is 12.2 Å². The number of rotatable bonds is 4. The van der Waals surface area contributed by atoms with Crippen LogP contribution in [0.3, 0.4) is 0 Å². The highest BCUT2D eigenvalue weighted by atomic mass is 19.1. The van der Waals surface area contributed by atoms with E-state index in [1.807, 2.05) is 0 Å². The van der Waals surface area contributed by atoms with E-state index in [1.165, 1.54) is 18.5 Å². The quantitative estimate of drug-likeness (QED) is 0.504. The molecule has 0 saturated carbocycles. The standard InChI is InChI=1S/C13H14FN5O/c1-19(2)8-15-18-13(20)12-7-11(16-17-12)9-3-5-10(14)6-4-9/h3-8H,1-2H3,(H,16,17)(H,18,20). The molecule has 104 valence electrons. The zero-order valence-electron chi connectivity index (χ0n) is 11.1. The molecule has 0 bridgehead atoms. The Bertz CT molecular complexity index is 618. The van der Waals surface area contributed by atoms with Crippen molar-refractivity contribution in [2.45, 2.75) is 0 Å². The molecular weight excluding hydrogens is 261 g/mol. The van der Waals surface area contributed by atoms with E-state index in [0.29, 0.717) is 5.69 Å². The molecule has 0 aliphatic rings. The van der Waals surface area contributed by atoms with Gasteiger partial charge in [-0.25, -0.2) is 9.82 Å². The summed E-state index contributed by atoms with van der Waals surface area (Å²) in [7, 11) is 3.58. The number of amides is 1. The van der Waals surface area contributed by atoms with Crippen LogP contribution in [0.25, 0.3) is 11.3 Å². The van der Waals surface area contributed by atoms with Crippen LogP contribution in [0.15, 0.2) is 35.4 Å². The fourth-order valence-electron chi connectivity index (χ4n) is 1.47. The van der Waals surface area contributed by atoms with Gasteiger partial charge in [-0.2, -0.15) is 10.2 Å². The lowest BCUT2D eigenvalue weighted by molar-refractivity contribution is 0.0949. The summed E-state index contributed by atoms with van der Waals surface area (Å²) in [6.07, 6.45) is 1.47. The van der Waals surface area contributed by atoms with Crippen molar-refractivity contribution in [3.05, 3.63) is 41.8 Å². The zero-order chi connectivity index (χ0) is 14.5. The average molecular weight is 275 g/mol. The summed E-state index contributed by atoms with van der Waals surface area (Å²) >= 11 is 0. The molecule has 1 heterocycles. The maximum absolute atomic E-state index is 12.8. The van der Waals surface area contributed by atoms with Crippen molar-refractivity contribution < 1.29 is 9.18 Å². The number of aromatic amines is 1. The van der Waals surface area contributed by atoms with Gasteiger partial charge in [-0.1, -0.05) is 0 Å². The molecule has 2 rings (SSSR count). The fraction of sp³-hybridized carbons (Fsp3) is 0.154. The Morgan fingerprint density at radius 2 is 2.10 bits per heavy atom. The number of hydrazone groups is 1. The van der Waals surface area contributed by atoms with Gasteiger partial charge in [-0.05, 0) is 30.3 Å². The van der Waals surface area contributed by atoms with Gasteiger partial charge >= 0.3 is 0 Å². The smallest absolute Gasteiger partial charge is 0.289 e. The minimum atomic E-state index is -0.399. The number of hydrogen-bond donors (Lipinski definition) is 2. The zero-order valence-corrected chi connectivity index (χ0v) is 11.1. The molecule has 0 fully saturated rings. The number of H-pyrrole nitrogens is 1. The highest BCUT2D eigenvalue weighted by Crippen LogP contribution is 2.17. The Balaban J connectivity index is 2.08. The molecule has 0 aliphatic carbocycles. The first-order valence-corrected chi connectivity index (χ1v) is 5.87. The summed E-state index contributed by atoms with van der Waals surface area (Å²) in [5.41, 5.74) is 3.92. The van der Waals surface area contributed by atoms with Gasteiger partial charge in [0, 0.05) is 19.7 Å². The summed E-state index contributed by atoms with van der Waals surface area (Å²) in [6.45, 7) is 0. The van der Waals surface area contributed by atoms with Gasteiger partial charge in [-0.3, -0.25) is 9.89 Å². The molecule has 0 radical (unpaired) electrons. The second-order valence-corrected chi connectivity index (χ2v) is 4.32. The van der Waals surface area contributed by atoms with Crippen LogP contribution in [0, 0.1) is 5.82 Å². The van der Waals surface area contributed by atoms with Gasteiger partial charge in [0.05, 0.1) is 5.69 Å². The van der Waals surface area contributed by atoms with Crippen LogP contribution in [0.5, 0.6) is 0 Å². The third-order valence-corrected chi connectivity index (χ3v) is 2.42. The van der Waals surface area contributed by atoms with E-state index >= 15 is 0 Å². The van der Waals surface area contributed by atoms with Crippen molar-refractivity contribution in [3.8, 4) is 11.3 Å². The van der Waals surface area contributed by atoms with Gasteiger partial charge in [0.2, 0.25) is 0 Å². The normalized spacial score (nSPS) is 10.8. The molecule has 0 atom stereocenters. The minimum absolute atomic E-state index is 0.278.